The Bertz CT molecular complexity index is 395. The summed E-state index contributed by atoms with van der Waals surface area (Å²) in [4.78, 5) is 11.9. The van der Waals surface area contributed by atoms with E-state index in [1.54, 1.807) is 14.0 Å². The number of carbonyl (C=O) groups excluding carboxylic acids is 1. The van der Waals surface area contributed by atoms with Gasteiger partial charge in [0.1, 0.15) is 17.8 Å². The first-order chi connectivity index (χ1) is 8.93. The number of ether oxygens (including phenoxy) is 5. The smallest absolute Gasteiger partial charge is 0.312 e. The molecule has 108 valence electrons. The van der Waals surface area contributed by atoms with E-state index in [0.29, 0.717) is 13.0 Å². The highest BCUT2D eigenvalue weighted by Crippen LogP contribution is 2.60. The zero-order valence-corrected chi connectivity index (χ0v) is 11.7. The molecule has 1 saturated carbocycles. The average Bonchev–Trinajstić information content (AvgIpc) is 2.89. The Labute approximate surface area is 112 Å². The standard InChI is InChI=1S/C13H20O6/c1-5-16-10(14)7-6-13(7)9-8(11(15-4)19-13)17-12(2,3)18-9/h7-9,11H,5-6H2,1-4H3/t7-,8?,9?,11-,13-/m1/s1. The van der Waals surface area contributed by atoms with Crippen molar-refractivity contribution in [1.29, 1.82) is 0 Å². The lowest BCUT2D eigenvalue weighted by Crippen LogP contribution is -2.34. The molecule has 0 bridgehead atoms. The predicted molar refractivity (Wildman–Crippen MR) is 63.2 cm³/mol. The van der Waals surface area contributed by atoms with Gasteiger partial charge in [-0.2, -0.15) is 0 Å². The van der Waals surface area contributed by atoms with Gasteiger partial charge in [0.2, 0.25) is 0 Å². The molecule has 1 aliphatic carbocycles. The molecule has 3 rings (SSSR count). The van der Waals surface area contributed by atoms with Crippen molar-refractivity contribution in [3.05, 3.63) is 0 Å². The van der Waals surface area contributed by atoms with Crippen LogP contribution in [-0.4, -0.2) is 49.6 Å². The quantitative estimate of drug-likeness (QED) is 0.709. The zero-order chi connectivity index (χ0) is 13.8. The molecule has 2 heterocycles. The van der Waals surface area contributed by atoms with E-state index < -0.39 is 17.7 Å². The van der Waals surface area contributed by atoms with Crippen LogP contribution in [0.4, 0.5) is 0 Å². The zero-order valence-electron chi connectivity index (χ0n) is 11.7. The predicted octanol–water partition coefficient (Wildman–Crippen LogP) is 0.831. The Morgan fingerprint density at radius 2 is 2.05 bits per heavy atom. The van der Waals surface area contributed by atoms with E-state index in [4.69, 9.17) is 23.7 Å². The first-order valence-electron chi connectivity index (χ1n) is 6.66. The van der Waals surface area contributed by atoms with Crippen LogP contribution in [0.3, 0.4) is 0 Å². The Morgan fingerprint density at radius 3 is 2.68 bits per heavy atom. The molecule has 1 spiro atoms. The fourth-order valence-electron chi connectivity index (χ4n) is 3.13. The molecule has 3 fully saturated rings. The molecule has 2 unspecified atom stereocenters. The summed E-state index contributed by atoms with van der Waals surface area (Å²) >= 11 is 0. The summed E-state index contributed by atoms with van der Waals surface area (Å²) in [6.45, 7) is 5.87. The number of fused-ring (bicyclic) bond motifs is 2. The first-order valence-corrected chi connectivity index (χ1v) is 6.66. The monoisotopic (exact) mass is 272 g/mol. The maximum atomic E-state index is 11.9. The Hall–Kier alpha value is -0.690. The third-order valence-corrected chi connectivity index (χ3v) is 3.97. The van der Waals surface area contributed by atoms with E-state index in [2.05, 4.69) is 0 Å². The summed E-state index contributed by atoms with van der Waals surface area (Å²) in [6.07, 6.45) is -0.459. The van der Waals surface area contributed by atoms with Crippen molar-refractivity contribution in [3.63, 3.8) is 0 Å². The molecule has 0 N–H and O–H groups in total. The number of esters is 1. The van der Waals surface area contributed by atoms with Gasteiger partial charge in [-0.3, -0.25) is 4.79 Å². The minimum atomic E-state index is -0.676. The number of rotatable bonds is 3. The molecule has 19 heavy (non-hydrogen) atoms. The molecule has 6 nitrogen and oxygen atoms in total. The first kappa shape index (κ1) is 13.3. The van der Waals surface area contributed by atoms with Gasteiger partial charge in [0, 0.05) is 7.11 Å². The molecule has 2 aliphatic heterocycles. The van der Waals surface area contributed by atoms with Crippen molar-refractivity contribution in [2.45, 2.75) is 57.1 Å². The number of hydrogen-bond acceptors (Lipinski definition) is 6. The maximum absolute atomic E-state index is 11.9. The van der Waals surface area contributed by atoms with Gasteiger partial charge in [-0.1, -0.05) is 0 Å². The summed E-state index contributed by atoms with van der Waals surface area (Å²) in [5.41, 5.74) is -0.634. The van der Waals surface area contributed by atoms with Crippen LogP contribution in [0.2, 0.25) is 0 Å². The van der Waals surface area contributed by atoms with E-state index >= 15 is 0 Å². The normalized spacial score (nSPS) is 46.3. The average molecular weight is 272 g/mol. The van der Waals surface area contributed by atoms with E-state index in [1.165, 1.54) is 0 Å². The Kier molecular flexibility index (Phi) is 2.91. The highest BCUT2D eigenvalue weighted by Gasteiger charge is 2.76. The van der Waals surface area contributed by atoms with Crippen LogP contribution in [0.15, 0.2) is 0 Å². The van der Waals surface area contributed by atoms with Crippen LogP contribution in [0, 0.1) is 5.92 Å². The van der Waals surface area contributed by atoms with E-state index in [0.717, 1.165) is 0 Å². The third kappa shape index (κ3) is 1.89. The lowest BCUT2D eigenvalue weighted by molar-refractivity contribution is -0.235. The minimum absolute atomic E-state index is 0.230. The second kappa shape index (κ2) is 4.15. The Balaban J connectivity index is 1.79. The van der Waals surface area contributed by atoms with Gasteiger partial charge in [-0.05, 0) is 27.2 Å². The summed E-state index contributed by atoms with van der Waals surface area (Å²) in [7, 11) is 1.57. The van der Waals surface area contributed by atoms with Gasteiger partial charge < -0.3 is 23.7 Å². The van der Waals surface area contributed by atoms with Crippen molar-refractivity contribution in [1.82, 2.24) is 0 Å². The van der Waals surface area contributed by atoms with Crippen LogP contribution in [0.1, 0.15) is 27.2 Å². The number of hydrogen-bond donors (Lipinski definition) is 0. The summed E-state index contributed by atoms with van der Waals surface area (Å²) in [6, 6.07) is 0. The summed E-state index contributed by atoms with van der Waals surface area (Å²) < 4.78 is 28.0. The number of carbonyl (C=O) groups is 1. The van der Waals surface area contributed by atoms with Gasteiger partial charge in [0.05, 0.1) is 12.5 Å². The van der Waals surface area contributed by atoms with Crippen molar-refractivity contribution in [2.24, 2.45) is 5.92 Å². The molecule has 0 aromatic carbocycles. The highest BCUT2D eigenvalue weighted by atomic mass is 16.8. The SMILES string of the molecule is CCOC(=O)[C@H]1C[C@@]12O[C@@H](OC)C1OC(C)(C)OC12. The van der Waals surface area contributed by atoms with Crippen molar-refractivity contribution >= 4 is 5.97 Å². The fraction of sp³-hybridized carbons (Fsp3) is 0.923. The molecule has 0 aromatic rings. The summed E-state index contributed by atoms with van der Waals surface area (Å²) in [5, 5.41) is 0. The minimum Gasteiger partial charge on any atom is -0.466 e. The molecule has 6 heteroatoms. The van der Waals surface area contributed by atoms with Crippen molar-refractivity contribution in [3.8, 4) is 0 Å². The van der Waals surface area contributed by atoms with E-state index in [1.807, 2.05) is 13.8 Å². The Morgan fingerprint density at radius 1 is 1.32 bits per heavy atom. The largest absolute Gasteiger partial charge is 0.466 e. The molecule has 0 aromatic heterocycles. The van der Waals surface area contributed by atoms with Crippen LogP contribution in [0.5, 0.6) is 0 Å². The molecule has 5 atom stereocenters. The lowest BCUT2D eigenvalue weighted by atomic mass is 10.1. The summed E-state index contributed by atoms with van der Waals surface area (Å²) in [5.74, 6) is -1.19. The fourth-order valence-corrected chi connectivity index (χ4v) is 3.13. The second-order valence-corrected chi connectivity index (χ2v) is 5.71. The van der Waals surface area contributed by atoms with Crippen molar-refractivity contribution < 1.29 is 28.5 Å². The van der Waals surface area contributed by atoms with Gasteiger partial charge in [0.15, 0.2) is 12.1 Å². The van der Waals surface area contributed by atoms with E-state index in [-0.39, 0.29) is 24.1 Å². The lowest BCUT2D eigenvalue weighted by Gasteiger charge is -2.23. The molecule has 2 saturated heterocycles. The molecule has 0 radical (unpaired) electrons. The maximum Gasteiger partial charge on any atom is 0.312 e. The van der Waals surface area contributed by atoms with Gasteiger partial charge in [0.25, 0.3) is 0 Å². The number of methoxy groups -OCH3 is 1. The van der Waals surface area contributed by atoms with E-state index in [9.17, 15) is 4.79 Å². The topological polar surface area (TPSA) is 63.2 Å². The van der Waals surface area contributed by atoms with Crippen molar-refractivity contribution in [2.75, 3.05) is 13.7 Å². The highest BCUT2D eigenvalue weighted by molar-refractivity contribution is 5.78. The van der Waals surface area contributed by atoms with Crippen LogP contribution < -0.4 is 0 Å². The van der Waals surface area contributed by atoms with Gasteiger partial charge >= 0.3 is 5.97 Å². The van der Waals surface area contributed by atoms with Gasteiger partial charge in [-0.15, -0.1) is 0 Å². The second-order valence-electron chi connectivity index (χ2n) is 5.71. The molecule has 3 aliphatic rings. The molecular weight excluding hydrogens is 252 g/mol. The van der Waals surface area contributed by atoms with Gasteiger partial charge in [-0.25, -0.2) is 0 Å². The third-order valence-electron chi connectivity index (χ3n) is 3.97. The van der Waals surface area contributed by atoms with Crippen LogP contribution in [0.25, 0.3) is 0 Å². The molecular formula is C13H20O6. The van der Waals surface area contributed by atoms with Crippen LogP contribution in [-0.2, 0) is 28.5 Å². The van der Waals surface area contributed by atoms with Crippen LogP contribution >= 0.6 is 0 Å². The molecule has 0 amide bonds.